The van der Waals surface area contributed by atoms with Crippen LogP contribution in [0, 0.1) is 0 Å². The van der Waals surface area contributed by atoms with Crippen molar-refractivity contribution >= 4 is 17.8 Å². The van der Waals surface area contributed by atoms with Crippen LogP contribution < -0.4 is 5.32 Å². The number of hydrogen-bond donors (Lipinski definition) is 2. The second-order valence-corrected chi connectivity index (χ2v) is 2.77. The van der Waals surface area contributed by atoms with Crippen LogP contribution in [0.1, 0.15) is 13.8 Å². The van der Waals surface area contributed by atoms with E-state index in [0.717, 1.165) is 0 Å². The molecule has 1 aromatic heterocycles. The number of H-pyrrole nitrogens is 1. The lowest BCUT2D eigenvalue weighted by Gasteiger charge is -2.16. The van der Waals surface area contributed by atoms with Crippen LogP contribution >= 0.6 is 0 Å². The van der Waals surface area contributed by atoms with Crippen molar-refractivity contribution in [3.05, 3.63) is 6.33 Å². The molecule has 0 saturated carbocycles. The SMILES string of the molecule is CCN(CC)C(=O)C(=O)Nc1ncn[nH]1. The first-order valence-electron chi connectivity index (χ1n) is 4.64. The van der Waals surface area contributed by atoms with E-state index in [1.807, 2.05) is 13.8 Å². The molecule has 82 valence electrons. The molecular weight excluding hydrogens is 198 g/mol. The summed E-state index contributed by atoms with van der Waals surface area (Å²) < 4.78 is 0. The Hall–Kier alpha value is -1.92. The number of carbonyl (C=O) groups excluding carboxylic acids is 2. The summed E-state index contributed by atoms with van der Waals surface area (Å²) in [7, 11) is 0. The van der Waals surface area contributed by atoms with Crippen molar-refractivity contribution in [2.24, 2.45) is 0 Å². The lowest BCUT2D eigenvalue weighted by molar-refractivity contribution is -0.142. The van der Waals surface area contributed by atoms with Crippen molar-refractivity contribution in [1.82, 2.24) is 20.1 Å². The van der Waals surface area contributed by atoms with Gasteiger partial charge in [-0.05, 0) is 13.8 Å². The molecule has 7 heteroatoms. The standard InChI is InChI=1S/C8H13N5O2/c1-3-13(4-2)7(15)6(14)11-8-9-5-10-12-8/h5H,3-4H2,1-2H3,(H2,9,10,11,12,14). The highest BCUT2D eigenvalue weighted by Gasteiger charge is 2.19. The quantitative estimate of drug-likeness (QED) is 0.666. The summed E-state index contributed by atoms with van der Waals surface area (Å²) >= 11 is 0. The van der Waals surface area contributed by atoms with E-state index in [4.69, 9.17) is 0 Å². The largest absolute Gasteiger partial charge is 0.335 e. The summed E-state index contributed by atoms with van der Waals surface area (Å²) in [6, 6.07) is 0. The molecule has 0 aliphatic carbocycles. The van der Waals surface area contributed by atoms with Gasteiger partial charge in [0.2, 0.25) is 5.95 Å². The molecular formula is C8H13N5O2. The maximum atomic E-state index is 11.5. The van der Waals surface area contributed by atoms with E-state index in [1.165, 1.54) is 11.2 Å². The molecule has 0 unspecified atom stereocenters. The number of aromatic amines is 1. The molecule has 15 heavy (non-hydrogen) atoms. The minimum atomic E-state index is -0.713. The van der Waals surface area contributed by atoms with Gasteiger partial charge in [0.15, 0.2) is 0 Å². The molecule has 1 heterocycles. The molecule has 0 bridgehead atoms. The molecule has 1 aromatic rings. The van der Waals surface area contributed by atoms with Crippen LogP contribution in [0.2, 0.25) is 0 Å². The van der Waals surface area contributed by atoms with E-state index in [0.29, 0.717) is 13.1 Å². The first-order chi connectivity index (χ1) is 7.19. The number of nitrogens with zero attached hydrogens (tertiary/aromatic N) is 3. The second-order valence-electron chi connectivity index (χ2n) is 2.77. The molecule has 0 fully saturated rings. The van der Waals surface area contributed by atoms with Crippen LogP contribution in [0.3, 0.4) is 0 Å². The number of anilines is 1. The minimum Gasteiger partial charge on any atom is -0.335 e. The smallest absolute Gasteiger partial charge is 0.316 e. The van der Waals surface area contributed by atoms with Crippen LogP contribution in [0.5, 0.6) is 0 Å². The third-order valence-corrected chi connectivity index (χ3v) is 1.89. The highest BCUT2D eigenvalue weighted by Crippen LogP contribution is 1.95. The monoisotopic (exact) mass is 211 g/mol. The lowest BCUT2D eigenvalue weighted by atomic mass is 10.4. The Kier molecular flexibility index (Phi) is 3.78. The minimum absolute atomic E-state index is 0.167. The van der Waals surface area contributed by atoms with Gasteiger partial charge in [-0.25, -0.2) is 5.10 Å². The van der Waals surface area contributed by atoms with Gasteiger partial charge < -0.3 is 4.90 Å². The number of amides is 2. The Morgan fingerprint density at radius 2 is 2.13 bits per heavy atom. The van der Waals surface area contributed by atoms with Crippen molar-refractivity contribution in [1.29, 1.82) is 0 Å². The predicted octanol–water partition coefficient (Wildman–Crippen LogP) is -0.388. The number of carbonyl (C=O) groups is 2. The molecule has 0 saturated heterocycles. The molecule has 0 spiro atoms. The van der Waals surface area contributed by atoms with E-state index in [-0.39, 0.29) is 5.95 Å². The number of hydrogen-bond acceptors (Lipinski definition) is 4. The van der Waals surface area contributed by atoms with Crippen molar-refractivity contribution in [3.8, 4) is 0 Å². The highest BCUT2D eigenvalue weighted by molar-refractivity contribution is 6.39. The summed E-state index contributed by atoms with van der Waals surface area (Å²) in [4.78, 5) is 28.0. The Morgan fingerprint density at radius 1 is 1.47 bits per heavy atom. The molecule has 0 aromatic carbocycles. The Morgan fingerprint density at radius 3 is 2.60 bits per heavy atom. The molecule has 0 aliphatic rings. The lowest BCUT2D eigenvalue weighted by Crippen LogP contribution is -2.39. The normalized spacial score (nSPS) is 9.73. The fraction of sp³-hybridized carbons (Fsp3) is 0.500. The zero-order valence-corrected chi connectivity index (χ0v) is 8.65. The molecule has 2 amide bonds. The molecule has 0 radical (unpaired) electrons. The van der Waals surface area contributed by atoms with Crippen molar-refractivity contribution in [2.75, 3.05) is 18.4 Å². The average Bonchev–Trinajstić information content (AvgIpc) is 2.72. The number of aromatic nitrogens is 3. The molecule has 0 aliphatic heterocycles. The molecule has 7 nitrogen and oxygen atoms in total. The maximum Gasteiger partial charge on any atom is 0.316 e. The highest BCUT2D eigenvalue weighted by atomic mass is 16.2. The zero-order valence-electron chi connectivity index (χ0n) is 8.65. The van der Waals surface area contributed by atoms with Crippen LogP contribution in [0.25, 0.3) is 0 Å². The molecule has 1 rings (SSSR count). The van der Waals surface area contributed by atoms with Gasteiger partial charge in [0, 0.05) is 13.1 Å². The van der Waals surface area contributed by atoms with E-state index < -0.39 is 11.8 Å². The Bertz CT molecular complexity index is 331. The topological polar surface area (TPSA) is 91.0 Å². The Balaban J connectivity index is 2.57. The first-order valence-corrected chi connectivity index (χ1v) is 4.64. The average molecular weight is 211 g/mol. The fourth-order valence-electron chi connectivity index (χ4n) is 1.08. The van der Waals surface area contributed by atoms with E-state index in [1.54, 1.807) is 0 Å². The van der Waals surface area contributed by atoms with Gasteiger partial charge in [-0.2, -0.15) is 10.1 Å². The van der Waals surface area contributed by atoms with Crippen LogP contribution in [-0.2, 0) is 9.59 Å². The van der Waals surface area contributed by atoms with Gasteiger partial charge in [-0.1, -0.05) is 0 Å². The van der Waals surface area contributed by atoms with Crippen LogP contribution in [0.4, 0.5) is 5.95 Å². The fourth-order valence-corrected chi connectivity index (χ4v) is 1.08. The number of nitrogens with one attached hydrogen (secondary N) is 2. The second kappa shape index (κ2) is 5.08. The van der Waals surface area contributed by atoms with E-state index in [2.05, 4.69) is 20.5 Å². The van der Waals surface area contributed by atoms with Gasteiger partial charge in [-0.15, -0.1) is 0 Å². The van der Waals surface area contributed by atoms with Crippen molar-refractivity contribution in [2.45, 2.75) is 13.8 Å². The number of rotatable bonds is 3. The van der Waals surface area contributed by atoms with E-state index in [9.17, 15) is 9.59 Å². The van der Waals surface area contributed by atoms with Gasteiger partial charge in [0.1, 0.15) is 6.33 Å². The van der Waals surface area contributed by atoms with E-state index >= 15 is 0 Å². The Labute approximate surface area is 86.9 Å². The van der Waals surface area contributed by atoms with Crippen LogP contribution in [-0.4, -0.2) is 45.0 Å². The predicted molar refractivity (Wildman–Crippen MR) is 52.9 cm³/mol. The number of likely N-dealkylation sites (N-methyl/N-ethyl adjacent to an activating group) is 1. The first kappa shape index (κ1) is 11.2. The zero-order chi connectivity index (χ0) is 11.3. The summed E-state index contributed by atoms with van der Waals surface area (Å²) in [5.74, 6) is -1.12. The molecule has 0 atom stereocenters. The van der Waals surface area contributed by atoms with Gasteiger partial charge in [0.25, 0.3) is 0 Å². The van der Waals surface area contributed by atoms with Gasteiger partial charge >= 0.3 is 11.8 Å². The third kappa shape index (κ3) is 2.76. The summed E-state index contributed by atoms with van der Waals surface area (Å²) in [6.45, 7) is 4.62. The molecule has 2 N–H and O–H groups in total. The third-order valence-electron chi connectivity index (χ3n) is 1.89. The van der Waals surface area contributed by atoms with Gasteiger partial charge in [-0.3, -0.25) is 14.9 Å². The summed E-state index contributed by atoms with van der Waals surface area (Å²) in [6.07, 6.45) is 1.25. The summed E-state index contributed by atoms with van der Waals surface area (Å²) in [5.41, 5.74) is 0. The van der Waals surface area contributed by atoms with Crippen molar-refractivity contribution < 1.29 is 9.59 Å². The summed E-state index contributed by atoms with van der Waals surface area (Å²) in [5, 5.41) is 8.29. The van der Waals surface area contributed by atoms with Gasteiger partial charge in [0.05, 0.1) is 0 Å². The van der Waals surface area contributed by atoms with Crippen molar-refractivity contribution in [3.63, 3.8) is 0 Å². The maximum absolute atomic E-state index is 11.5. The van der Waals surface area contributed by atoms with Crippen LogP contribution in [0.15, 0.2) is 6.33 Å².